The van der Waals surface area contributed by atoms with Crippen LogP contribution in [0.5, 0.6) is 0 Å². The summed E-state index contributed by atoms with van der Waals surface area (Å²) in [6, 6.07) is 13.1. The van der Waals surface area contributed by atoms with Crippen LogP contribution in [0.15, 0.2) is 48.7 Å². The van der Waals surface area contributed by atoms with Gasteiger partial charge in [0.25, 0.3) is 0 Å². The van der Waals surface area contributed by atoms with Crippen molar-refractivity contribution in [2.75, 3.05) is 5.32 Å². The Bertz CT molecular complexity index is 764. The summed E-state index contributed by atoms with van der Waals surface area (Å²) >= 11 is 2.14. The van der Waals surface area contributed by atoms with Crippen LogP contribution in [0.3, 0.4) is 0 Å². The average Bonchev–Trinajstić information content (AvgIpc) is 2.75. The molecule has 0 aliphatic carbocycles. The molecule has 0 atom stereocenters. The second-order valence-corrected chi connectivity index (χ2v) is 5.92. The molecule has 0 unspecified atom stereocenters. The highest BCUT2D eigenvalue weighted by Gasteiger charge is 2.06. The molecule has 0 bridgehead atoms. The molecule has 1 aromatic heterocycles. The number of anilines is 1. The predicted molar refractivity (Wildman–Crippen MR) is 89.4 cm³/mol. The monoisotopic (exact) mass is 380 g/mol. The molecule has 102 valence electrons. The highest BCUT2D eigenvalue weighted by Crippen LogP contribution is 2.23. The van der Waals surface area contributed by atoms with Gasteiger partial charge in [0.15, 0.2) is 0 Å². The lowest BCUT2D eigenvalue weighted by atomic mass is 10.2. The van der Waals surface area contributed by atoms with Crippen LogP contribution in [0.4, 0.5) is 10.1 Å². The Hall–Kier alpha value is -1.56. The smallest absolute Gasteiger partial charge is 0.124 e. The van der Waals surface area contributed by atoms with E-state index in [1.54, 1.807) is 6.07 Å². The van der Waals surface area contributed by atoms with Gasteiger partial charge >= 0.3 is 0 Å². The molecule has 0 amide bonds. The van der Waals surface area contributed by atoms with Crippen LogP contribution in [-0.2, 0) is 13.6 Å². The van der Waals surface area contributed by atoms with E-state index in [1.165, 1.54) is 28.6 Å². The topological polar surface area (TPSA) is 17.0 Å². The van der Waals surface area contributed by atoms with Crippen LogP contribution in [0.1, 0.15) is 5.56 Å². The Morgan fingerprint density at radius 3 is 2.80 bits per heavy atom. The first-order chi connectivity index (χ1) is 9.65. The molecular formula is C16H14FIN2. The van der Waals surface area contributed by atoms with Crippen LogP contribution in [0, 0.1) is 9.39 Å². The summed E-state index contributed by atoms with van der Waals surface area (Å²) in [5, 5.41) is 4.62. The van der Waals surface area contributed by atoms with E-state index in [0.29, 0.717) is 0 Å². The minimum absolute atomic E-state index is 0.204. The molecule has 0 spiro atoms. The number of hydrogen-bond donors (Lipinski definition) is 1. The van der Waals surface area contributed by atoms with Crippen molar-refractivity contribution < 1.29 is 4.39 Å². The van der Waals surface area contributed by atoms with E-state index in [0.717, 1.165) is 15.8 Å². The molecule has 1 heterocycles. The minimum atomic E-state index is -0.204. The summed E-state index contributed by atoms with van der Waals surface area (Å²) in [5.74, 6) is -0.204. The number of aromatic nitrogens is 1. The fourth-order valence-corrected chi connectivity index (χ4v) is 3.06. The van der Waals surface area contributed by atoms with E-state index in [2.05, 4.69) is 50.8 Å². The summed E-state index contributed by atoms with van der Waals surface area (Å²) < 4.78 is 16.1. The first-order valence-corrected chi connectivity index (χ1v) is 7.45. The second-order valence-electron chi connectivity index (χ2n) is 4.76. The van der Waals surface area contributed by atoms with E-state index < -0.39 is 0 Å². The van der Waals surface area contributed by atoms with E-state index in [1.807, 2.05) is 19.2 Å². The van der Waals surface area contributed by atoms with Gasteiger partial charge in [0.05, 0.1) is 0 Å². The van der Waals surface area contributed by atoms with Crippen LogP contribution >= 0.6 is 22.6 Å². The molecule has 1 N–H and O–H groups in total. The number of para-hydroxylation sites is 1. The van der Waals surface area contributed by atoms with Crippen LogP contribution < -0.4 is 5.32 Å². The SMILES string of the molecule is Cn1cc(CNc2ccc(F)cc2I)c2ccccc21. The fourth-order valence-electron chi connectivity index (χ4n) is 2.39. The third-order valence-electron chi connectivity index (χ3n) is 3.38. The minimum Gasteiger partial charge on any atom is -0.380 e. The van der Waals surface area contributed by atoms with Crippen LogP contribution in [-0.4, -0.2) is 4.57 Å². The third kappa shape index (κ3) is 2.52. The molecule has 2 nitrogen and oxygen atoms in total. The molecule has 3 aromatic rings. The van der Waals surface area contributed by atoms with Gasteiger partial charge < -0.3 is 9.88 Å². The largest absolute Gasteiger partial charge is 0.380 e. The highest BCUT2D eigenvalue weighted by atomic mass is 127. The van der Waals surface area contributed by atoms with Gasteiger partial charge in [-0.05, 0) is 52.4 Å². The predicted octanol–water partition coefficient (Wildman–Crippen LogP) is 4.53. The van der Waals surface area contributed by atoms with E-state index in [9.17, 15) is 4.39 Å². The zero-order valence-electron chi connectivity index (χ0n) is 11.0. The van der Waals surface area contributed by atoms with Gasteiger partial charge in [0.2, 0.25) is 0 Å². The molecule has 0 fully saturated rings. The fraction of sp³-hybridized carbons (Fsp3) is 0.125. The van der Waals surface area contributed by atoms with Crippen molar-refractivity contribution in [1.82, 2.24) is 4.57 Å². The van der Waals surface area contributed by atoms with Gasteiger partial charge in [-0.15, -0.1) is 0 Å². The normalized spacial score (nSPS) is 10.9. The Morgan fingerprint density at radius 2 is 2.00 bits per heavy atom. The first-order valence-electron chi connectivity index (χ1n) is 6.37. The molecule has 0 aliphatic rings. The lowest BCUT2D eigenvalue weighted by Crippen LogP contribution is -2.00. The maximum atomic E-state index is 13.1. The quantitative estimate of drug-likeness (QED) is 0.661. The maximum Gasteiger partial charge on any atom is 0.124 e. The number of halogens is 2. The lowest BCUT2D eigenvalue weighted by molar-refractivity contribution is 0.627. The number of nitrogens with zero attached hydrogens (tertiary/aromatic N) is 1. The number of fused-ring (bicyclic) bond motifs is 1. The standard InChI is InChI=1S/C16H14FIN2/c1-20-10-11(13-4-2-3-5-16(13)20)9-19-15-7-6-12(17)8-14(15)18/h2-8,10,19H,9H2,1H3. The van der Waals surface area contributed by atoms with Crippen molar-refractivity contribution in [3.8, 4) is 0 Å². The molecule has 4 heteroatoms. The average molecular weight is 380 g/mol. The maximum absolute atomic E-state index is 13.1. The third-order valence-corrected chi connectivity index (χ3v) is 4.27. The molecule has 0 radical (unpaired) electrons. The summed E-state index contributed by atoms with van der Waals surface area (Å²) in [5.41, 5.74) is 3.42. The molecule has 3 rings (SSSR count). The summed E-state index contributed by atoms with van der Waals surface area (Å²) in [4.78, 5) is 0. The van der Waals surface area contributed by atoms with Crippen molar-refractivity contribution in [2.24, 2.45) is 7.05 Å². The van der Waals surface area contributed by atoms with Crippen molar-refractivity contribution in [1.29, 1.82) is 0 Å². The Morgan fingerprint density at radius 1 is 1.20 bits per heavy atom. The van der Waals surface area contributed by atoms with Gasteiger partial charge in [0.1, 0.15) is 5.82 Å². The molecule has 0 saturated heterocycles. The van der Waals surface area contributed by atoms with Gasteiger partial charge in [0, 0.05) is 39.9 Å². The number of aryl methyl sites for hydroxylation is 1. The van der Waals surface area contributed by atoms with Crippen LogP contribution in [0.2, 0.25) is 0 Å². The zero-order valence-corrected chi connectivity index (χ0v) is 13.2. The van der Waals surface area contributed by atoms with Gasteiger partial charge in [-0.25, -0.2) is 4.39 Å². The summed E-state index contributed by atoms with van der Waals surface area (Å²) in [6.07, 6.45) is 2.13. The Balaban J connectivity index is 1.87. The number of rotatable bonds is 3. The molecule has 0 aliphatic heterocycles. The van der Waals surface area contributed by atoms with Crippen LogP contribution in [0.25, 0.3) is 10.9 Å². The van der Waals surface area contributed by atoms with E-state index in [-0.39, 0.29) is 5.82 Å². The zero-order chi connectivity index (χ0) is 14.1. The van der Waals surface area contributed by atoms with Gasteiger partial charge in [-0.1, -0.05) is 18.2 Å². The van der Waals surface area contributed by atoms with Crippen molar-refractivity contribution in [3.63, 3.8) is 0 Å². The van der Waals surface area contributed by atoms with Crippen molar-refractivity contribution in [3.05, 3.63) is 63.6 Å². The molecule has 20 heavy (non-hydrogen) atoms. The first kappa shape index (κ1) is 13.4. The summed E-state index contributed by atoms with van der Waals surface area (Å²) in [7, 11) is 2.05. The van der Waals surface area contributed by atoms with E-state index >= 15 is 0 Å². The second kappa shape index (κ2) is 5.44. The number of nitrogens with one attached hydrogen (secondary N) is 1. The Kier molecular flexibility index (Phi) is 3.65. The highest BCUT2D eigenvalue weighted by molar-refractivity contribution is 14.1. The number of hydrogen-bond acceptors (Lipinski definition) is 1. The lowest BCUT2D eigenvalue weighted by Gasteiger charge is -2.08. The molecule has 2 aromatic carbocycles. The number of benzene rings is 2. The molecular weight excluding hydrogens is 366 g/mol. The van der Waals surface area contributed by atoms with E-state index in [4.69, 9.17) is 0 Å². The molecule has 0 saturated carbocycles. The summed E-state index contributed by atoms with van der Waals surface area (Å²) in [6.45, 7) is 0.725. The van der Waals surface area contributed by atoms with Crippen molar-refractivity contribution in [2.45, 2.75) is 6.54 Å². The van der Waals surface area contributed by atoms with Gasteiger partial charge in [-0.2, -0.15) is 0 Å². The van der Waals surface area contributed by atoms with Crippen molar-refractivity contribution >= 4 is 39.2 Å². The Labute approximate surface area is 130 Å². The van der Waals surface area contributed by atoms with Gasteiger partial charge in [-0.3, -0.25) is 0 Å².